The Morgan fingerprint density at radius 2 is 1.77 bits per heavy atom. The molecule has 0 radical (unpaired) electrons. The van der Waals surface area contributed by atoms with Gasteiger partial charge in [-0.2, -0.15) is 0 Å². The highest BCUT2D eigenvalue weighted by Crippen LogP contribution is 2.19. The van der Waals surface area contributed by atoms with E-state index in [4.69, 9.17) is 5.11 Å². The zero-order valence-electron chi connectivity index (χ0n) is 13.3. The Morgan fingerprint density at radius 1 is 1.18 bits per heavy atom. The van der Waals surface area contributed by atoms with Gasteiger partial charge < -0.3 is 15.3 Å². The van der Waals surface area contributed by atoms with Gasteiger partial charge in [0.1, 0.15) is 0 Å². The number of carboxylic acid groups (broad SMARTS) is 1. The van der Waals surface area contributed by atoms with E-state index in [1.165, 1.54) is 11.0 Å². The van der Waals surface area contributed by atoms with Gasteiger partial charge in [0, 0.05) is 31.8 Å². The second-order valence-corrected chi connectivity index (χ2v) is 5.98. The maximum absolute atomic E-state index is 12.1. The quantitative estimate of drug-likeness (QED) is 0.836. The van der Waals surface area contributed by atoms with Crippen molar-refractivity contribution in [1.82, 2.24) is 10.2 Å². The van der Waals surface area contributed by atoms with Crippen molar-refractivity contribution in [2.45, 2.75) is 20.3 Å². The van der Waals surface area contributed by atoms with Crippen LogP contribution in [0.15, 0.2) is 24.3 Å². The number of benzene rings is 1. The number of hydrogen-bond acceptors (Lipinski definition) is 3. The molecule has 0 spiro atoms. The van der Waals surface area contributed by atoms with E-state index in [0.29, 0.717) is 17.5 Å². The number of carboxylic acids is 1. The molecule has 6 nitrogen and oxygen atoms in total. The summed E-state index contributed by atoms with van der Waals surface area (Å²) >= 11 is 0. The van der Waals surface area contributed by atoms with Gasteiger partial charge in [0.15, 0.2) is 0 Å². The van der Waals surface area contributed by atoms with E-state index >= 15 is 0 Å². The molecular formula is C16H22N2O4. The molecule has 0 saturated heterocycles. The number of hydrogen-bond donors (Lipinski definition) is 2. The van der Waals surface area contributed by atoms with Crippen LogP contribution in [0.3, 0.4) is 0 Å². The average molecular weight is 306 g/mol. The van der Waals surface area contributed by atoms with Gasteiger partial charge in [0.2, 0.25) is 0 Å². The van der Waals surface area contributed by atoms with Crippen LogP contribution in [0.1, 0.15) is 41.0 Å². The van der Waals surface area contributed by atoms with Crippen molar-refractivity contribution < 1.29 is 19.5 Å². The molecule has 22 heavy (non-hydrogen) atoms. The van der Waals surface area contributed by atoms with Crippen LogP contribution in [-0.2, 0) is 4.79 Å². The molecule has 1 aromatic rings. The molecule has 1 aromatic carbocycles. The van der Waals surface area contributed by atoms with Crippen LogP contribution in [0, 0.1) is 5.41 Å². The highest BCUT2D eigenvalue weighted by atomic mass is 16.4. The maximum atomic E-state index is 12.1. The highest BCUT2D eigenvalue weighted by molar-refractivity contribution is 5.99. The van der Waals surface area contributed by atoms with Gasteiger partial charge >= 0.3 is 5.97 Å². The Labute approximate surface area is 130 Å². The number of nitrogens with one attached hydrogen (secondary N) is 1. The molecule has 6 heteroatoms. The number of amides is 2. The first-order valence-corrected chi connectivity index (χ1v) is 6.98. The molecule has 0 aromatic heterocycles. The van der Waals surface area contributed by atoms with Gasteiger partial charge in [-0.1, -0.05) is 6.07 Å². The van der Waals surface area contributed by atoms with Crippen molar-refractivity contribution in [3.05, 3.63) is 35.4 Å². The van der Waals surface area contributed by atoms with Gasteiger partial charge in [-0.15, -0.1) is 0 Å². The number of carbonyl (C=O) groups is 3. The van der Waals surface area contributed by atoms with Gasteiger partial charge in [0.05, 0.1) is 5.41 Å². The summed E-state index contributed by atoms with van der Waals surface area (Å²) in [5, 5.41) is 11.7. The van der Waals surface area contributed by atoms with E-state index in [0.717, 1.165) is 0 Å². The van der Waals surface area contributed by atoms with E-state index in [1.807, 2.05) is 0 Å². The van der Waals surface area contributed by atoms with Crippen LogP contribution in [0.5, 0.6) is 0 Å². The van der Waals surface area contributed by atoms with Gasteiger partial charge in [-0.05, 0) is 38.5 Å². The SMILES string of the molecule is CN(C)C(=O)c1cccc(C(=O)NCCC(C)(C)C(=O)O)c1. The van der Waals surface area contributed by atoms with E-state index in [9.17, 15) is 14.4 Å². The predicted molar refractivity (Wildman–Crippen MR) is 82.8 cm³/mol. The summed E-state index contributed by atoms with van der Waals surface area (Å²) in [5.74, 6) is -1.41. The molecule has 0 bridgehead atoms. The lowest BCUT2D eigenvalue weighted by atomic mass is 9.90. The summed E-state index contributed by atoms with van der Waals surface area (Å²) in [6, 6.07) is 6.43. The Morgan fingerprint density at radius 3 is 2.32 bits per heavy atom. The standard InChI is InChI=1S/C16H22N2O4/c1-16(2,15(21)22)8-9-17-13(19)11-6-5-7-12(10-11)14(20)18(3)4/h5-7,10H,8-9H2,1-4H3,(H,17,19)(H,21,22). The maximum Gasteiger partial charge on any atom is 0.309 e. The Kier molecular flexibility index (Phi) is 5.68. The number of carbonyl (C=O) groups excluding carboxylic acids is 2. The first kappa shape index (κ1) is 17.7. The molecule has 0 saturated carbocycles. The molecule has 0 aliphatic heterocycles. The molecule has 2 amide bonds. The van der Waals surface area contributed by atoms with Crippen LogP contribution < -0.4 is 5.32 Å². The predicted octanol–water partition coefficient (Wildman–Crippen LogP) is 1.62. The van der Waals surface area contributed by atoms with Crippen LogP contribution in [0.2, 0.25) is 0 Å². The molecule has 0 aliphatic rings. The monoisotopic (exact) mass is 306 g/mol. The summed E-state index contributed by atoms with van der Waals surface area (Å²) < 4.78 is 0. The molecule has 120 valence electrons. The van der Waals surface area contributed by atoms with Gasteiger partial charge in [-0.3, -0.25) is 14.4 Å². The number of rotatable bonds is 6. The molecule has 2 N–H and O–H groups in total. The van der Waals surface area contributed by atoms with E-state index in [-0.39, 0.29) is 18.4 Å². The van der Waals surface area contributed by atoms with Gasteiger partial charge in [-0.25, -0.2) is 0 Å². The summed E-state index contributed by atoms with van der Waals surface area (Å²) in [5.41, 5.74) is -0.0833. The third kappa shape index (κ3) is 4.58. The lowest BCUT2D eigenvalue weighted by Crippen LogP contribution is -2.32. The minimum atomic E-state index is -0.902. The molecular weight excluding hydrogens is 284 g/mol. The fourth-order valence-electron chi connectivity index (χ4n) is 1.75. The summed E-state index contributed by atoms with van der Waals surface area (Å²) in [7, 11) is 3.28. The van der Waals surface area contributed by atoms with Crippen molar-refractivity contribution in [2.75, 3.05) is 20.6 Å². The smallest absolute Gasteiger partial charge is 0.309 e. The van der Waals surface area contributed by atoms with Crippen molar-refractivity contribution in [3.63, 3.8) is 0 Å². The molecule has 0 atom stereocenters. The van der Waals surface area contributed by atoms with Crippen LogP contribution in [0.4, 0.5) is 0 Å². The van der Waals surface area contributed by atoms with Crippen LogP contribution in [-0.4, -0.2) is 48.4 Å². The minimum Gasteiger partial charge on any atom is -0.481 e. The van der Waals surface area contributed by atoms with E-state index < -0.39 is 11.4 Å². The third-order valence-electron chi connectivity index (χ3n) is 3.39. The summed E-state index contributed by atoms with van der Waals surface area (Å²) in [6.07, 6.45) is 0.324. The summed E-state index contributed by atoms with van der Waals surface area (Å²) in [4.78, 5) is 36.4. The number of aliphatic carboxylic acids is 1. The minimum absolute atomic E-state index is 0.179. The van der Waals surface area contributed by atoms with Gasteiger partial charge in [0.25, 0.3) is 11.8 Å². The first-order valence-electron chi connectivity index (χ1n) is 6.98. The fourth-order valence-corrected chi connectivity index (χ4v) is 1.75. The van der Waals surface area contributed by atoms with Crippen molar-refractivity contribution in [2.24, 2.45) is 5.41 Å². The lowest BCUT2D eigenvalue weighted by Gasteiger charge is -2.19. The van der Waals surface area contributed by atoms with Crippen molar-refractivity contribution in [3.8, 4) is 0 Å². The molecule has 0 unspecified atom stereocenters. The second kappa shape index (κ2) is 7.06. The third-order valence-corrected chi connectivity index (χ3v) is 3.39. The zero-order valence-corrected chi connectivity index (χ0v) is 13.3. The Hall–Kier alpha value is -2.37. The van der Waals surface area contributed by atoms with Crippen LogP contribution in [0.25, 0.3) is 0 Å². The Balaban J connectivity index is 2.69. The number of nitrogens with zero attached hydrogens (tertiary/aromatic N) is 1. The molecule has 1 rings (SSSR count). The fraction of sp³-hybridized carbons (Fsp3) is 0.438. The molecule has 0 aliphatic carbocycles. The first-order chi connectivity index (χ1) is 10.1. The second-order valence-electron chi connectivity index (χ2n) is 5.98. The van der Waals surface area contributed by atoms with Crippen molar-refractivity contribution >= 4 is 17.8 Å². The average Bonchev–Trinajstić information content (AvgIpc) is 2.46. The van der Waals surface area contributed by atoms with E-state index in [2.05, 4.69) is 5.32 Å². The summed E-state index contributed by atoms with van der Waals surface area (Å²) in [6.45, 7) is 3.47. The molecule has 0 heterocycles. The zero-order chi connectivity index (χ0) is 16.9. The normalized spacial score (nSPS) is 10.9. The topological polar surface area (TPSA) is 86.7 Å². The lowest BCUT2D eigenvalue weighted by molar-refractivity contribution is -0.147. The highest BCUT2D eigenvalue weighted by Gasteiger charge is 2.26. The largest absolute Gasteiger partial charge is 0.481 e. The Bertz CT molecular complexity index is 579. The van der Waals surface area contributed by atoms with Crippen molar-refractivity contribution in [1.29, 1.82) is 0 Å². The molecule has 0 fully saturated rings. The van der Waals surface area contributed by atoms with E-state index in [1.54, 1.807) is 46.1 Å². The van der Waals surface area contributed by atoms with Crippen LogP contribution >= 0.6 is 0 Å².